The fourth-order valence-corrected chi connectivity index (χ4v) is 2.89. The molecule has 7 nitrogen and oxygen atoms in total. The zero-order valence-corrected chi connectivity index (χ0v) is 16.5. The van der Waals surface area contributed by atoms with Gasteiger partial charge in [-0.2, -0.15) is 4.98 Å². The predicted molar refractivity (Wildman–Crippen MR) is 113 cm³/mol. The Morgan fingerprint density at radius 1 is 0.933 bits per heavy atom. The number of hydrogen-bond donors (Lipinski definition) is 1. The quantitative estimate of drug-likeness (QED) is 0.480. The van der Waals surface area contributed by atoms with E-state index in [0.29, 0.717) is 34.7 Å². The molecule has 1 amide bonds. The van der Waals surface area contributed by atoms with Crippen LogP contribution in [0.3, 0.4) is 0 Å². The van der Waals surface area contributed by atoms with Gasteiger partial charge in [-0.3, -0.25) is 4.79 Å². The molecule has 4 rings (SSSR count). The van der Waals surface area contributed by atoms with Crippen molar-refractivity contribution < 1.29 is 18.8 Å². The van der Waals surface area contributed by atoms with Crippen molar-refractivity contribution in [3.8, 4) is 40.1 Å². The highest BCUT2D eigenvalue weighted by Crippen LogP contribution is 2.30. The van der Waals surface area contributed by atoms with E-state index in [9.17, 15) is 4.79 Å². The predicted octanol–water partition coefficient (Wildman–Crippen LogP) is 5.16. The Balaban J connectivity index is 1.48. The van der Waals surface area contributed by atoms with Crippen LogP contribution in [-0.4, -0.2) is 23.2 Å². The Labute approximate surface area is 173 Å². The number of para-hydroxylation sites is 1. The Kier molecular flexibility index (Phi) is 5.43. The summed E-state index contributed by atoms with van der Waals surface area (Å²) in [5.41, 5.74) is 2.25. The molecule has 0 saturated carbocycles. The van der Waals surface area contributed by atoms with E-state index in [1.807, 2.05) is 48.5 Å². The Morgan fingerprint density at radius 3 is 2.27 bits per heavy atom. The van der Waals surface area contributed by atoms with Gasteiger partial charge >= 0.3 is 0 Å². The number of carbonyl (C=O) groups is 1. The summed E-state index contributed by atoms with van der Waals surface area (Å²) in [6, 6.07) is 22.0. The van der Waals surface area contributed by atoms with E-state index < -0.39 is 0 Å². The van der Waals surface area contributed by atoms with E-state index in [1.165, 1.54) is 6.92 Å². The van der Waals surface area contributed by atoms with Gasteiger partial charge in [-0.15, -0.1) is 0 Å². The summed E-state index contributed by atoms with van der Waals surface area (Å²) in [4.78, 5) is 15.6. The smallest absolute Gasteiger partial charge is 0.262 e. The summed E-state index contributed by atoms with van der Waals surface area (Å²) >= 11 is 0. The summed E-state index contributed by atoms with van der Waals surface area (Å²) in [6.07, 6.45) is 0. The first-order valence-electron chi connectivity index (χ1n) is 9.25. The largest absolute Gasteiger partial charge is 0.496 e. The van der Waals surface area contributed by atoms with E-state index in [1.54, 1.807) is 31.4 Å². The lowest BCUT2D eigenvalue weighted by molar-refractivity contribution is -0.114. The summed E-state index contributed by atoms with van der Waals surface area (Å²) in [6.45, 7) is 1.47. The van der Waals surface area contributed by atoms with E-state index >= 15 is 0 Å². The molecule has 1 N–H and O–H groups in total. The summed E-state index contributed by atoms with van der Waals surface area (Å²) in [5, 5.41) is 6.79. The molecule has 0 radical (unpaired) electrons. The molecular weight excluding hydrogens is 382 g/mol. The Bertz CT molecular complexity index is 1150. The summed E-state index contributed by atoms with van der Waals surface area (Å²) < 4.78 is 16.6. The van der Waals surface area contributed by atoms with Gasteiger partial charge in [-0.1, -0.05) is 17.3 Å². The molecule has 30 heavy (non-hydrogen) atoms. The summed E-state index contributed by atoms with van der Waals surface area (Å²) in [7, 11) is 1.60. The van der Waals surface area contributed by atoms with Crippen molar-refractivity contribution in [2.45, 2.75) is 6.92 Å². The monoisotopic (exact) mass is 401 g/mol. The van der Waals surface area contributed by atoms with Gasteiger partial charge in [-0.05, 0) is 60.7 Å². The SMILES string of the molecule is COc1ccccc1-c1nc(-c2ccc(Oc3ccc(NC(C)=O)cc3)cc2)no1. The van der Waals surface area contributed by atoms with Crippen LogP contribution in [0.4, 0.5) is 5.69 Å². The lowest BCUT2D eigenvalue weighted by atomic mass is 10.2. The van der Waals surface area contributed by atoms with E-state index in [4.69, 9.17) is 14.0 Å². The molecule has 0 fully saturated rings. The first-order valence-corrected chi connectivity index (χ1v) is 9.25. The molecule has 1 heterocycles. The normalized spacial score (nSPS) is 10.5. The van der Waals surface area contributed by atoms with Crippen LogP contribution in [0.5, 0.6) is 17.2 Å². The van der Waals surface area contributed by atoms with Crippen molar-refractivity contribution in [2.75, 3.05) is 12.4 Å². The zero-order valence-electron chi connectivity index (χ0n) is 16.5. The van der Waals surface area contributed by atoms with Crippen molar-refractivity contribution in [1.29, 1.82) is 0 Å². The molecule has 0 aliphatic carbocycles. The zero-order chi connectivity index (χ0) is 20.9. The van der Waals surface area contributed by atoms with Crippen molar-refractivity contribution in [1.82, 2.24) is 10.1 Å². The van der Waals surface area contributed by atoms with Gasteiger partial charge < -0.3 is 19.3 Å². The number of anilines is 1. The van der Waals surface area contributed by atoms with Crippen molar-refractivity contribution >= 4 is 11.6 Å². The van der Waals surface area contributed by atoms with Crippen LogP contribution in [0, 0.1) is 0 Å². The molecule has 0 bridgehead atoms. The number of nitrogens with zero attached hydrogens (tertiary/aromatic N) is 2. The van der Waals surface area contributed by atoms with Crippen LogP contribution in [0.1, 0.15) is 6.92 Å². The average Bonchev–Trinajstić information content (AvgIpc) is 3.25. The average molecular weight is 401 g/mol. The minimum atomic E-state index is -0.116. The summed E-state index contributed by atoms with van der Waals surface area (Å²) in [5.74, 6) is 2.74. The van der Waals surface area contributed by atoms with Gasteiger partial charge in [0.15, 0.2) is 0 Å². The van der Waals surface area contributed by atoms with E-state index in [0.717, 1.165) is 11.1 Å². The van der Waals surface area contributed by atoms with Crippen LogP contribution in [0.2, 0.25) is 0 Å². The van der Waals surface area contributed by atoms with Crippen molar-refractivity contribution in [3.05, 3.63) is 72.8 Å². The standard InChI is InChI=1S/C23H19N3O4/c1-15(27)24-17-9-13-19(14-10-17)29-18-11-7-16(8-12-18)22-25-23(30-26-22)20-5-3-4-6-21(20)28-2/h3-14H,1-2H3,(H,24,27). The first-order chi connectivity index (χ1) is 14.6. The van der Waals surface area contributed by atoms with Crippen LogP contribution in [0.25, 0.3) is 22.8 Å². The molecule has 7 heteroatoms. The maximum absolute atomic E-state index is 11.1. The molecule has 0 aliphatic rings. The highest BCUT2D eigenvalue weighted by Gasteiger charge is 2.14. The third kappa shape index (κ3) is 4.30. The van der Waals surface area contributed by atoms with Gasteiger partial charge in [0.2, 0.25) is 11.7 Å². The lowest BCUT2D eigenvalue weighted by Gasteiger charge is -2.07. The van der Waals surface area contributed by atoms with Gasteiger partial charge in [0.05, 0.1) is 12.7 Å². The molecule has 0 spiro atoms. The Hall–Kier alpha value is -4.13. The number of ether oxygens (including phenoxy) is 2. The number of hydrogen-bond acceptors (Lipinski definition) is 6. The third-order valence-electron chi connectivity index (χ3n) is 4.29. The van der Waals surface area contributed by atoms with Crippen LogP contribution >= 0.6 is 0 Å². The molecule has 0 unspecified atom stereocenters. The van der Waals surface area contributed by atoms with E-state index in [2.05, 4.69) is 15.5 Å². The molecule has 1 aromatic heterocycles. The van der Waals surface area contributed by atoms with Gasteiger partial charge in [0.25, 0.3) is 5.89 Å². The van der Waals surface area contributed by atoms with Crippen LogP contribution in [0.15, 0.2) is 77.3 Å². The van der Waals surface area contributed by atoms with Gasteiger partial charge in [0, 0.05) is 18.2 Å². The number of carbonyl (C=O) groups excluding carboxylic acids is 1. The lowest BCUT2D eigenvalue weighted by Crippen LogP contribution is -2.05. The number of amides is 1. The molecular formula is C23H19N3O4. The minimum absolute atomic E-state index is 0.116. The van der Waals surface area contributed by atoms with E-state index in [-0.39, 0.29) is 5.91 Å². The highest BCUT2D eigenvalue weighted by molar-refractivity contribution is 5.88. The molecule has 150 valence electrons. The molecule has 0 atom stereocenters. The Morgan fingerprint density at radius 2 is 1.60 bits per heavy atom. The number of benzene rings is 3. The second kappa shape index (κ2) is 8.48. The van der Waals surface area contributed by atoms with Crippen molar-refractivity contribution in [2.24, 2.45) is 0 Å². The maximum atomic E-state index is 11.1. The van der Waals surface area contributed by atoms with Crippen LogP contribution in [-0.2, 0) is 4.79 Å². The fraction of sp³-hybridized carbons (Fsp3) is 0.0870. The third-order valence-corrected chi connectivity index (χ3v) is 4.29. The van der Waals surface area contributed by atoms with Gasteiger partial charge in [-0.25, -0.2) is 0 Å². The maximum Gasteiger partial charge on any atom is 0.262 e. The fourth-order valence-electron chi connectivity index (χ4n) is 2.89. The number of methoxy groups -OCH3 is 1. The molecule has 4 aromatic rings. The topological polar surface area (TPSA) is 86.5 Å². The van der Waals surface area contributed by atoms with Crippen LogP contribution < -0.4 is 14.8 Å². The number of aromatic nitrogens is 2. The number of nitrogens with one attached hydrogen (secondary N) is 1. The molecule has 0 saturated heterocycles. The van der Waals surface area contributed by atoms with Gasteiger partial charge in [0.1, 0.15) is 17.2 Å². The second-order valence-corrected chi connectivity index (χ2v) is 6.46. The number of rotatable bonds is 6. The molecule has 0 aliphatic heterocycles. The second-order valence-electron chi connectivity index (χ2n) is 6.46. The highest BCUT2D eigenvalue weighted by atomic mass is 16.5. The minimum Gasteiger partial charge on any atom is -0.496 e. The first kappa shape index (κ1) is 19.2. The molecule has 3 aromatic carbocycles. The van der Waals surface area contributed by atoms with Crippen molar-refractivity contribution in [3.63, 3.8) is 0 Å².